The molecule has 2 saturated heterocycles. The highest BCUT2D eigenvalue weighted by molar-refractivity contribution is 4.96. The molecule has 2 aliphatic heterocycles. The molecule has 3 nitrogen and oxygen atoms in total. The van der Waals surface area contributed by atoms with Gasteiger partial charge in [-0.25, -0.2) is 0 Å². The maximum absolute atomic E-state index is 5.77. The van der Waals surface area contributed by atoms with Crippen LogP contribution in [0.25, 0.3) is 0 Å². The zero-order valence-electron chi connectivity index (χ0n) is 14.5. The van der Waals surface area contributed by atoms with E-state index in [1.807, 2.05) is 0 Å². The third kappa shape index (κ3) is 4.43. The highest BCUT2D eigenvalue weighted by Gasteiger charge is 2.37. The Bertz CT molecular complexity index is 285. The van der Waals surface area contributed by atoms with E-state index in [0.717, 1.165) is 6.61 Å². The molecule has 0 saturated carbocycles. The van der Waals surface area contributed by atoms with E-state index in [0.29, 0.717) is 17.7 Å². The summed E-state index contributed by atoms with van der Waals surface area (Å²) in [5, 5.41) is 3.63. The van der Waals surface area contributed by atoms with Crippen LogP contribution in [-0.2, 0) is 4.74 Å². The fraction of sp³-hybridized carbons (Fsp3) is 1.00. The fourth-order valence-electron chi connectivity index (χ4n) is 4.28. The molecule has 2 heterocycles. The van der Waals surface area contributed by atoms with Crippen molar-refractivity contribution < 1.29 is 4.74 Å². The van der Waals surface area contributed by atoms with Gasteiger partial charge < -0.3 is 10.1 Å². The molecule has 0 aromatic carbocycles. The summed E-state index contributed by atoms with van der Waals surface area (Å²) in [4.78, 5) is 2.75. The van der Waals surface area contributed by atoms with Gasteiger partial charge in [-0.05, 0) is 78.4 Å². The molecule has 0 spiro atoms. The highest BCUT2D eigenvalue weighted by Crippen LogP contribution is 2.30. The van der Waals surface area contributed by atoms with Crippen molar-refractivity contribution in [3.63, 3.8) is 0 Å². The van der Waals surface area contributed by atoms with Crippen molar-refractivity contribution in [2.45, 2.75) is 89.3 Å². The van der Waals surface area contributed by atoms with Crippen LogP contribution in [0, 0.1) is 0 Å². The standard InChI is InChI=1S/C18H36N2O/c1-4-18(2,20-13-6-5-7-14-20)17(19-3)12-8-10-16-11-9-15-21-16/h16-17,19H,4-15H2,1-3H3. The third-order valence-electron chi connectivity index (χ3n) is 5.94. The van der Waals surface area contributed by atoms with Crippen LogP contribution in [0.2, 0.25) is 0 Å². The molecule has 3 unspecified atom stereocenters. The van der Waals surface area contributed by atoms with Crippen LogP contribution in [0.1, 0.15) is 71.6 Å². The van der Waals surface area contributed by atoms with E-state index in [9.17, 15) is 0 Å². The SMILES string of the molecule is CCC(C)(C(CCCC1CCCO1)NC)N1CCCCC1. The Kier molecular flexibility index (Phi) is 6.97. The minimum absolute atomic E-state index is 0.311. The Labute approximate surface area is 131 Å². The summed E-state index contributed by atoms with van der Waals surface area (Å²) in [6.45, 7) is 8.40. The van der Waals surface area contributed by atoms with Gasteiger partial charge >= 0.3 is 0 Å². The quantitative estimate of drug-likeness (QED) is 0.741. The molecule has 0 radical (unpaired) electrons. The molecule has 3 atom stereocenters. The highest BCUT2D eigenvalue weighted by atomic mass is 16.5. The van der Waals surface area contributed by atoms with Crippen LogP contribution in [0.3, 0.4) is 0 Å². The predicted molar refractivity (Wildman–Crippen MR) is 89.8 cm³/mol. The van der Waals surface area contributed by atoms with Crippen molar-refractivity contribution in [3.05, 3.63) is 0 Å². The van der Waals surface area contributed by atoms with Gasteiger partial charge in [0.05, 0.1) is 6.10 Å². The Morgan fingerprint density at radius 3 is 2.57 bits per heavy atom. The summed E-state index contributed by atoms with van der Waals surface area (Å²) in [7, 11) is 2.15. The summed E-state index contributed by atoms with van der Waals surface area (Å²) in [5.41, 5.74) is 0.311. The lowest BCUT2D eigenvalue weighted by molar-refractivity contribution is 0.0394. The van der Waals surface area contributed by atoms with Crippen molar-refractivity contribution >= 4 is 0 Å². The van der Waals surface area contributed by atoms with Gasteiger partial charge in [-0.15, -0.1) is 0 Å². The van der Waals surface area contributed by atoms with E-state index >= 15 is 0 Å². The van der Waals surface area contributed by atoms with Crippen molar-refractivity contribution in [2.24, 2.45) is 0 Å². The molecule has 2 aliphatic rings. The molecule has 0 aromatic heterocycles. The maximum atomic E-state index is 5.77. The number of nitrogens with one attached hydrogen (secondary N) is 1. The van der Waals surface area contributed by atoms with Gasteiger partial charge in [0.1, 0.15) is 0 Å². The van der Waals surface area contributed by atoms with Crippen LogP contribution in [0.15, 0.2) is 0 Å². The number of ether oxygens (including phenoxy) is 1. The Morgan fingerprint density at radius 1 is 1.24 bits per heavy atom. The Hall–Kier alpha value is -0.120. The lowest BCUT2D eigenvalue weighted by Crippen LogP contribution is -2.59. The van der Waals surface area contributed by atoms with Gasteiger partial charge in [0.25, 0.3) is 0 Å². The third-order valence-corrected chi connectivity index (χ3v) is 5.94. The number of rotatable bonds is 8. The number of nitrogens with zero attached hydrogens (tertiary/aromatic N) is 1. The molecule has 0 bridgehead atoms. The lowest BCUT2D eigenvalue weighted by atomic mass is 9.82. The fourth-order valence-corrected chi connectivity index (χ4v) is 4.28. The molecular weight excluding hydrogens is 260 g/mol. The van der Waals surface area contributed by atoms with Gasteiger partial charge in [-0.1, -0.05) is 13.3 Å². The van der Waals surface area contributed by atoms with E-state index < -0.39 is 0 Å². The monoisotopic (exact) mass is 296 g/mol. The first kappa shape index (κ1) is 17.2. The Morgan fingerprint density at radius 2 is 2.00 bits per heavy atom. The van der Waals surface area contributed by atoms with Crippen molar-refractivity contribution in [2.75, 3.05) is 26.7 Å². The first-order valence-electron chi connectivity index (χ1n) is 9.24. The van der Waals surface area contributed by atoms with E-state index in [2.05, 4.69) is 31.1 Å². The number of hydrogen-bond acceptors (Lipinski definition) is 3. The number of hydrogen-bond donors (Lipinski definition) is 1. The number of piperidine rings is 1. The van der Waals surface area contributed by atoms with Crippen LogP contribution >= 0.6 is 0 Å². The molecule has 124 valence electrons. The topological polar surface area (TPSA) is 24.5 Å². The molecular formula is C18H36N2O. The normalized spacial score (nSPS) is 28.4. The molecule has 0 aliphatic carbocycles. The van der Waals surface area contributed by atoms with Crippen molar-refractivity contribution in [1.82, 2.24) is 10.2 Å². The summed E-state index contributed by atoms with van der Waals surface area (Å²) in [5.74, 6) is 0. The summed E-state index contributed by atoms with van der Waals surface area (Å²) >= 11 is 0. The summed E-state index contributed by atoms with van der Waals surface area (Å²) in [6, 6.07) is 0.599. The smallest absolute Gasteiger partial charge is 0.0576 e. The minimum atomic E-state index is 0.311. The van der Waals surface area contributed by atoms with Crippen LogP contribution < -0.4 is 5.32 Å². The second-order valence-electron chi connectivity index (χ2n) is 7.17. The molecule has 2 fully saturated rings. The van der Waals surface area contributed by atoms with E-state index in [1.54, 1.807) is 0 Å². The first-order chi connectivity index (χ1) is 10.2. The van der Waals surface area contributed by atoms with E-state index in [4.69, 9.17) is 4.74 Å². The predicted octanol–water partition coefficient (Wildman–Crippen LogP) is 3.58. The summed E-state index contributed by atoms with van der Waals surface area (Å²) in [6.07, 6.45) is 12.3. The minimum Gasteiger partial charge on any atom is -0.378 e. The van der Waals surface area contributed by atoms with Gasteiger partial charge in [0.2, 0.25) is 0 Å². The van der Waals surface area contributed by atoms with Crippen LogP contribution in [0.4, 0.5) is 0 Å². The first-order valence-corrected chi connectivity index (χ1v) is 9.24. The van der Waals surface area contributed by atoms with Crippen LogP contribution in [-0.4, -0.2) is 49.3 Å². The molecule has 3 heteroatoms. The van der Waals surface area contributed by atoms with E-state index in [-0.39, 0.29) is 0 Å². The number of likely N-dealkylation sites (tertiary alicyclic amines) is 1. The Balaban J connectivity index is 1.85. The summed E-state index contributed by atoms with van der Waals surface area (Å²) < 4.78 is 5.77. The number of likely N-dealkylation sites (N-methyl/N-ethyl adjacent to an activating group) is 1. The molecule has 0 aromatic rings. The van der Waals surface area contributed by atoms with Gasteiger partial charge in [-0.2, -0.15) is 0 Å². The van der Waals surface area contributed by atoms with Crippen molar-refractivity contribution in [1.29, 1.82) is 0 Å². The molecule has 2 rings (SSSR count). The van der Waals surface area contributed by atoms with Gasteiger partial charge in [0, 0.05) is 18.2 Å². The van der Waals surface area contributed by atoms with Gasteiger partial charge in [-0.3, -0.25) is 4.90 Å². The molecule has 21 heavy (non-hydrogen) atoms. The molecule has 1 N–H and O–H groups in total. The lowest BCUT2D eigenvalue weighted by Gasteiger charge is -2.48. The maximum Gasteiger partial charge on any atom is 0.0576 e. The zero-order valence-corrected chi connectivity index (χ0v) is 14.5. The zero-order chi connectivity index (χ0) is 15.1. The second kappa shape index (κ2) is 8.50. The van der Waals surface area contributed by atoms with Crippen LogP contribution in [0.5, 0.6) is 0 Å². The second-order valence-corrected chi connectivity index (χ2v) is 7.17. The largest absolute Gasteiger partial charge is 0.378 e. The average molecular weight is 296 g/mol. The molecule has 0 amide bonds. The van der Waals surface area contributed by atoms with E-state index in [1.165, 1.54) is 70.9 Å². The van der Waals surface area contributed by atoms with Gasteiger partial charge in [0.15, 0.2) is 0 Å². The average Bonchev–Trinajstić information content (AvgIpc) is 3.05. The van der Waals surface area contributed by atoms with Crippen molar-refractivity contribution in [3.8, 4) is 0 Å².